The predicted molar refractivity (Wildman–Crippen MR) is 83.9 cm³/mol. The summed E-state index contributed by atoms with van der Waals surface area (Å²) in [6.45, 7) is 1.31. The molecule has 0 amide bonds. The molecule has 6 nitrogen and oxygen atoms in total. The maximum atomic E-state index is 8.81. The average molecular weight is 305 g/mol. The molecule has 0 saturated heterocycles. The Kier molecular flexibility index (Phi) is 4.41. The smallest absolute Gasteiger partial charge is 0.247 e. The lowest BCUT2D eigenvalue weighted by Gasteiger charge is -2.13. The number of aromatic nitrogens is 3. The highest BCUT2D eigenvalue weighted by Gasteiger charge is 2.11. The van der Waals surface area contributed by atoms with E-state index in [9.17, 15) is 0 Å². The van der Waals surface area contributed by atoms with Crippen molar-refractivity contribution in [3.8, 4) is 17.5 Å². The minimum Gasteiger partial charge on any atom is -0.419 e. The number of nitriles is 1. The molecule has 23 heavy (non-hydrogen) atoms. The molecular weight excluding hydrogens is 290 g/mol. The highest BCUT2D eigenvalue weighted by Crippen LogP contribution is 2.19. The van der Waals surface area contributed by atoms with E-state index in [1.54, 1.807) is 30.5 Å². The van der Waals surface area contributed by atoms with Gasteiger partial charge in [0.1, 0.15) is 0 Å². The molecule has 0 radical (unpaired) electrons. The van der Waals surface area contributed by atoms with Crippen molar-refractivity contribution in [1.29, 1.82) is 5.26 Å². The Morgan fingerprint density at radius 2 is 1.96 bits per heavy atom. The van der Waals surface area contributed by atoms with Crippen LogP contribution in [0.2, 0.25) is 0 Å². The van der Waals surface area contributed by atoms with Gasteiger partial charge in [-0.2, -0.15) is 5.26 Å². The van der Waals surface area contributed by atoms with Crippen molar-refractivity contribution >= 4 is 0 Å². The van der Waals surface area contributed by atoms with Gasteiger partial charge in [-0.1, -0.05) is 6.07 Å². The summed E-state index contributed by atoms with van der Waals surface area (Å²) in [5.41, 5.74) is 2.53. The molecule has 0 bridgehead atoms. The third-order valence-electron chi connectivity index (χ3n) is 3.31. The number of nitrogens with zero attached hydrogens (tertiary/aromatic N) is 5. The van der Waals surface area contributed by atoms with Crippen molar-refractivity contribution in [3.05, 3.63) is 65.8 Å². The third-order valence-corrected chi connectivity index (χ3v) is 3.31. The molecule has 2 heterocycles. The summed E-state index contributed by atoms with van der Waals surface area (Å²) >= 11 is 0. The molecule has 0 N–H and O–H groups in total. The predicted octanol–water partition coefficient (Wildman–Crippen LogP) is 2.64. The summed E-state index contributed by atoms with van der Waals surface area (Å²) in [6.07, 6.45) is 3.60. The van der Waals surface area contributed by atoms with Gasteiger partial charge in [0.05, 0.1) is 18.2 Å². The largest absolute Gasteiger partial charge is 0.419 e. The standard InChI is InChI=1S/C17H15N5O/c1-22(11-14-3-2-8-19-10-14)12-16-20-21-17(23-16)15-6-4-13(9-18)5-7-15/h2-8,10H,11-12H2,1H3. The summed E-state index contributed by atoms with van der Waals surface area (Å²) in [5, 5.41) is 17.0. The van der Waals surface area contributed by atoms with E-state index in [0.29, 0.717) is 23.9 Å². The molecule has 6 heteroatoms. The van der Waals surface area contributed by atoms with E-state index >= 15 is 0 Å². The summed E-state index contributed by atoms with van der Waals surface area (Å²) in [4.78, 5) is 6.18. The van der Waals surface area contributed by atoms with Crippen molar-refractivity contribution in [2.75, 3.05) is 7.05 Å². The van der Waals surface area contributed by atoms with Gasteiger partial charge in [0.2, 0.25) is 11.8 Å². The van der Waals surface area contributed by atoms with Gasteiger partial charge < -0.3 is 4.42 Å². The lowest BCUT2D eigenvalue weighted by molar-refractivity contribution is 0.282. The molecule has 0 aliphatic heterocycles. The van der Waals surface area contributed by atoms with E-state index < -0.39 is 0 Å². The highest BCUT2D eigenvalue weighted by atomic mass is 16.4. The van der Waals surface area contributed by atoms with Gasteiger partial charge >= 0.3 is 0 Å². The van der Waals surface area contributed by atoms with E-state index in [2.05, 4.69) is 26.2 Å². The first-order chi connectivity index (χ1) is 11.2. The zero-order chi connectivity index (χ0) is 16.1. The molecule has 0 aliphatic rings. The van der Waals surface area contributed by atoms with Crippen molar-refractivity contribution in [2.24, 2.45) is 0 Å². The van der Waals surface area contributed by atoms with Crippen LogP contribution in [-0.4, -0.2) is 27.1 Å². The van der Waals surface area contributed by atoms with Crippen LogP contribution in [0.4, 0.5) is 0 Å². The number of rotatable bonds is 5. The van der Waals surface area contributed by atoms with Crippen LogP contribution >= 0.6 is 0 Å². The first-order valence-electron chi connectivity index (χ1n) is 7.15. The quantitative estimate of drug-likeness (QED) is 0.721. The molecule has 2 aromatic heterocycles. The summed E-state index contributed by atoms with van der Waals surface area (Å²) in [7, 11) is 1.98. The fourth-order valence-corrected chi connectivity index (χ4v) is 2.21. The zero-order valence-corrected chi connectivity index (χ0v) is 12.7. The minimum absolute atomic E-state index is 0.458. The van der Waals surface area contributed by atoms with Crippen LogP contribution in [0.3, 0.4) is 0 Å². The van der Waals surface area contributed by atoms with Crippen molar-refractivity contribution < 1.29 is 4.42 Å². The van der Waals surface area contributed by atoms with Crippen LogP contribution in [0.1, 0.15) is 17.0 Å². The van der Waals surface area contributed by atoms with E-state index in [0.717, 1.165) is 17.7 Å². The first kappa shape index (κ1) is 14.9. The second kappa shape index (κ2) is 6.81. The van der Waals surface area contributed by atoms with Crippen LogP contribution in [0.15, 0.2) is 53.2 Å². The Balaban J connectivity index is 1.66. The van der Waals surface area contributed by atoms with Crippen molar-refractivity contribution in [3.63, 3.8) is 0 Å². The van der Waals surface area contributed by atoms with Crippen LogP contribution in [0.5, 0.6) is 0 Å². The van der Waals surface area contributed by atoms with Crippen LogP contribution in [0, 0.1) is 11.3 Å². The SMILES string of the molecule is CN(Cc1cccnc1)Cc1nnc(-c2ccc(C#N)cc2)o1. The first-order valence-corrected chi connectivity index (χ1v) is 7.15. The fraction of sp³-hybridized carbons (Fsp3) is 0.176. The minimum atomic E-state index is 0.458. The van der Waals surface area contributed by atoms with Crippen LogP contribution in [0.25, 0.3) is 11.5 Å². The third kappa shape index (κ3) is 3.78. The Morgan fingerprint density at radius 1 is 1.13 bits per heavy atom. The molecular formula is C17H15N5O. The summed E-state index contributed by atoms with van der Waals surface area (Å²) in [5.74, 6) is 1.01. The Morgan fingerprint density at radius 3 is 2.65 bits per heavy atom. The van der Waals surface area contributed by atoms with E-state index in [4.69, 9.17) is 9.68 Å². The average Bonchev–Trinajstić information content (AvgIpc) is 3.04. The summed E-state index contributed by atoms with van der Waals surface area (Å²) < 4.78 is 5.69. The Labute approximate surface area is 134 Å². The molecule has 114 valence electrons. The van der Waals surface area contributed by atoms with E-state index in [1.165, 1.54) is 0 Å². The van der Waals surface area contributed by atoms with Gasteiger partial charge in [-0.25, -0.2) is 0 Å². The van der Waals surface area contributed by atoms with Crippen molar-refractivity contribution in [1.82, 2.24) is 20.1 Å². The molecule has 3 rings (SSSR count). The van der Waals surface area contributed by atoms with E-state index in [-0.39, 0.29) is 0 Å². The van der Waals surface area contributed by atoms with Crippen LogP contribution < -0.4 is 0 Å². The topological polar surface area (TPSA) is 78.8 Å². The normalized spacial score (nSPS) is 10.7. The van der Waals surface area contributed by atoms with Gasteiger partial charge in [0.25, 0.3) is 0 Å². The molecule has 1 aromatic carbocycles. The molecule has 0 fully saturated rings. The number of hydrogen-bond acceptors (Lipinski definition) is 6. The number of pyridine rings is 1. The second-order valence-corrected chi connectivity index (χ2v) is 5.22. The molecule has 0 spiro atoms. The zero-order valence-electron chi connectivity index (χ0n) is 12.7. The molecule has 0 unspecified atom stereocenters. The van der Waals surface area contributed by atoms with Gasteiger partial charge in [-0.05, 0) is 42.9 Å². The second-order valence-electron chi connectivity index (χ2n) is 5.22. The monoisotopic (exact) mass is 305 g/mol. The Bertz CT molecular complexity index is 805. The van der Waals surface area contributed by atoms with Gasteiger partial charge in [-0.15, -0.1) is 10.2 Å². The summed E-state index contributed by atoms with van der Waals surface area (Å²) in [6, 6.07) is 13.1. The van der Waals surface area contributed by atoms with E-state index in [1.807, 2.05) is 25.4 Å². The molecule has 0 atom stereocenters. The lowest BCUT2D eigenvalue weighted by Crippen LogP contribution is -2.17. The molecule has 0 saturated carbocycles. The number of hydrogen-bond donors (Lipinski definition) is 0. The lowest BCUT2D eigenvalue weighted by atomic mass is 10.1. The highest BCUT2D eigenvalue weighted by molar-refractivity contribution is 5.54. The maximum absolute atomic E-state index is 8.81. The van der Waals surface area contributed by atoms with Crippen LogP contribution in [-0.2, 0) is 13.1 Å². The maximum Gasteiger partial charge on any atom is 0.247 e. The number of benzene rings is 1. The molecule has 3 aromatic rings. The van der Waals surface area contributed by atoms with Gasteiger partial charge in [0, 0.05) is 24.5 Å². The Hall–Kier alpha value is -3.04. The van der Waals surface area contributed by atoms with Gasteiger partial charge in [0.15, 0.2) is 0 Å². The fourth-order valence-electron chi connectivity index (χ4n) is 2.21. The van der Waals surface area contributed by atoms with Gasteiger partial charge in [-0.3, -0.25) is 9.88 Å². The van der Waals surface area contributed by atoms with Crippen molar-refractivity contribution in [2.45, 2.75) is 13.1 Å². The molecule has 0 aliphatic carbocycles.